The fourth-order valence-corrected chi connectivity index (χ4v) is 3.55. The Hall–Kier alpha value is -1.54. The van der Waals surface area contributed by atoms with Gasteiger partial charge in [-0.15, -0.1) is 11.3 Å². The third-order valence-corrected chi connectivity index (χ3v) is 4.91. The predicted molar refractivity (Wildman–Crippen MR) is 72.0 cm³/mol. The first-order chi connectivity index (χ1) is 9.99. The molecule has 0 aliphatic carbocycles. The largest absolute Gasteiger partial charge is 0.479 e. The average molecular weight is 314 g/mol. The molecule has 8 heteroatoms. The third kappa shape index (κ3) is 2.65. The van der Waals surface area contributed by atoms with Crippen molar-refractivity contribution >= 4 is 23.2 Å². The smallest absolute Gasteiger partial charge is 0.343 e. The van der Waals surface area contributed by atoms with Crippen molar-refractivity contribution in [3.63, 3.8) is 0 Å². The number of hydrogen-bond donors (Lipinski definition) is 1. The summed E-state index contributed by atoms with van der Waals surface area (Å²) in [4.78, 5) is 29.0. The zero-order chi connectivity index (χ0) is 15.0. The van der Waals surface area contributed by atoms with E-state index in [2.05, 4.69) is 4.98 Å². The van der Waals surface area contributed by atoms with Crippen LogP contribution in [0.25, 0.3) is 0 Å². The zero-order valence-electron chi connectivity index (χ0n) is 11.2. The zero-order valence-corrected chi connectivity index (χ0v) is 12.1. The van der Waals surface area contributed by atoms with Gasteiger partial charge in [-0.25, -0.2) is 14.2 Å². The minimum Gasteiger partial charge on any atom is -0.479 e. The molecule has 2 unspecified atom stereocenters. The normalized spacial score (nSPS) is 29.0. The molecule has 0 saturated carbocycles. The second kappa shape index (κ2) is 5.34. The maximum absolute atomic E-state index is 14.0. The van der Waals surface area contributed by atoms with Crippen molar-refractivity contribution in [2.24, 2.45) is 0 Å². The summed E-state index contributed by atoms with van der Waals surface area (Å²) in [5.41, 5.74) is -2.34. The molecule has 3 heterocycles. The first kappa shape index (κ1) is 14.4. The van der Waals surface area contributed by atoms with Crippen LogP contribution in [0.15, 0.2) is 6.20 Å². The lowest BCUT2D eigenvalue weighted by atomic mass is 10.1. The average Bonchev–Trinajstić information content (AvgIpc) is 3.18. The summed E-state index contributed by atoms with van der Waals surface area (Å²) in [5, 5.41) is 9.60. The maximum atomic E-state index is 14.0. The number of carbonyl (C=O) groups excluding carboxylic acids is 1. The fourth-order valence-electron chi connectivity index (χ4n) is 2.58. The van der Waals surface area contributed by atoms with E-state index in [9.17, 15) is 14.0 Å². The molecule has 2 atom stereocenters. The van der Waals surface area contributed by atoms with Crippen LogP contribution in [-0.4, -0.2) is 52.2 Å². The molecule has 0 aromatic carbocycles. The van der Waals surface area contributed by atoms with E-state index in [1.807, 2.05) is 0 Å². The molecule has 0 bridgehead atoms. The number of amides is 1. The Morgan fingerprint density at radius 3 is 3.00 bits per heavy atom. The van der Waals surface area contributed by atoms with Crippen LogP contribution in [0.4, 0.5) is 4.39 Å². The van der Waals surface area contributed by atoms with Crippen LogP contribution in [0.1, 0.15) is 40.0 Å². The molecule has 21 heavy (non-hydrogen) atoms. The number of likely N-dealkylation sites (tertiary alicyclic amines) is 1. The second-order valence-corrected chi connectivity index (χ2v) is 6.37. The summed E-state index contributed by atoms with van der Waals surface area (Å²) in [6.45, 7) is 0.395. The minimum absolute atomic E-state index is 0.0607. The number of alkyl halides is 1. The molecule has 2 fully saturated rings. The highest BCUT2D eigenvalue weighted by atomic mass is 32.1. The van der Waals surface area contributed by atoms with Gasteiger partial charge in [0.1, 0.15) is 16.0 Å². The van der Waals surface area contributed by atoms with Gasteiger partial charge in [-0.3, -0.25) is 4.79 Å². The van der Waals surface area contributed by atoms with E-state index in [4.69, 9.17) is 9.84 Å². The van der Waals surface area contributed by atoms with Gasteiger partial charge in [-0.05, 0) is 12.8 Å². The molecule has 3 rings (SSSR count). The molecule has 114 valence electrons. The minimum atomic E-state index is -2.34. The van der Waals surface area contributed by atoms with Gasteiger partial charge in [0.25, 0.3) is 5.91 Å². The molecule has 0 radical (unpaired) electrons. The van der Waals surface area contributed by atoms with Crippen molar-refractivity contribution in [2.75, 3.05) is 19.7 Å². The number of rotatable bonds is 3. The summed E-state index contributed by atoms with van der Waals surface area (Å²) in [7, 11) is 0. The van der Waals surface area contributed by atoms with E-state index in [1.54, 1.807) is 0 Å². The van der Waals surface area contributed by atoms with Gasteiger partial charge < -0.3 is 14.7 Å². The van der Waals surface area contributed by atoms with Crippen molar-refractivity contribution in [1.82, 2.24) is 9.88 Å². The van der Waals surface area contributed by atoms with Crippen molar-refractivity contribution in [3.8, 4) is 0 Å². The van der Waals surface area contributed by atoms with Crippen LogP contribution < -0.4 is 0 Å². The number of carboxylic acid groups (broad SMARTS) is 1. The monoisotopic (exact) mass is 314 g/mol. The highest BCUT2D eigenvalue weighted by Gasteiger charge is 2.47. The first-order valence-corrected chi connectivity index (χ1v) is 7.60. The van der Waals surface area contributed by atoms with Crippen LogP contribution in [0.5, 0.6) is 0 Å². The molecule has 1 amide bonds. The Kier molecular flexibility index (Phi) is 3.66. The summed E-state index contributed by atoms with van der Waals surface area (Å²) in [5.74, 6) is -1.88. The van der Waals surface area contributed by atoms with Crippen LogP contribution >= 0.6 is 11.3 Å². The quantitative estimate of drug-likeness (QED) is 0.917. The highest BCUT2D eigenvalue weighted by molar-refractivity contribution is 7.13. The van der Waals surface area contributed by atoms with Gasteiger partial charge in [0.2, 0.25) is 5.67 Å². The predicted octanol–water partition coefficient (Wildman–Crippen LogP) is 1.63. The standard InChI is InChI=1S/C13H15FN2O4S/c14-13(12(18)19)3-4-16(7-13)11(17)9-6-15-10(21-9)8-2-1-5-20-8/h6,8H,1-5,7H2,(H,18,19). The van der Waals surface area contributed by atoms with Crippen LogP contribution in [0.3, 0.4) is 0 Å². The lowest BCUT2D eigenvalue weighted by molar-refractivity contribution is -0.149. The Bertz CT molecular complexity index is 572. The topological polar surface area (TPSA) is 79.7 Å². The van der Waals surface area contributed by atoms with E-state index in [1.165, 1.54) is 22.4 Å². The Morgan fingerprint density at radius 2 is 2.38 bits per heavy atom. The molecule has 6 nitrogen and oxygen atoms in total. The third-order valence-electron chi connectivity index (χ3n) is 3.83. The van der Waals surface area contributed by atoms with E-state index < -0.39 is 18.2 Å². The van der Waals surface area contributed by atoms with Crippen LogP contribution in [0, 0.1) is 0 Å². The van der Waals surface area contributed by atoms with Gasteiger partial charge in [0, 0.05) is 19.6 Å². The molecule has 0 spiro atoms. The lowest BCUT2D eigenvalue weighted by Gasteiger charge is -2.16. The lowest BCUT2D eigenvalue weighted by Crippen LogP contribution is -2.38. The molecule has 2 aliphatic rings. The molecule has 1 aromatic heterocycles. The number of hydrogen-bond acceptors (Lipinski definition) is 5. The Labute approximate surface area is 124 Å². The summed E-state index contributed by atoms with van der Waals surface area (Å²) >= 11 is 1.24. The van der Waals surface area contributed by atoms with Crippen molar-refractivity contribution < 1.29 is 23.8 Å². The van der Waals surface area contributed by atoms with Crippen molar-refractivity contribution in [3.05, 3.63) is 16.1 Å². The Balaban J connectivity index is 1.70. The van der Waals surface area contributed by atoms with Gasteiger partial charge in [-0.2, -0.15) is 0 Å². The highest BCUT2D eigenvalue weighted by Crippen LogP contribution is 2.33. The van der Waals surface area contributed by atoms with Gasteiger partial charge in [-0.1, -0.05) is 0 Å². The number of halogens is 1. The maximum Gasteiger partial charge on any atom is 0.343 e. The van der Waals surface area contributed by atoms with Crippen LogP contribution in [-0.2, 0) is 9.53 Å². The van der Waals surface area contributed by atoms with E-state index in [0.29, 0.717) is 11.5 Å². The van der Waals surface area contributed by atoms with Crippen molar-refractivity contribution in [2.45, 2.75) is 31.0 Å². The molecular weight excluding hydrogens is 299 g/mol. The summed E-state index contributed by atoms with van der Waals surface area (Å²) < 4.78 is 19.5. The number of carboxylic acids is 1. The van der Waals surface area contributed by atoms with Gasteiger partial charge >= 0.3 is 5.97 Å². The Morgan fingerprint density at radius 1 is 1.57 bits per heavy atom. The molecular formula is C13H15FN2O4S. The molecule has 1 aromatic rings. The first-order valence-electron chi connectivity index (χ1n) is 6.78. The van der Waals surface area contributed by atoms with Crippen LogP contribution in [0.2, 0.25) is 0 Å². The second-order valence-electron chi connectivity index (χ2n) is 5.31. The van der Waals surface area contributed by atoms with E-state index in [0.717, 1.165) is 17.8 Å². The summed E-state index contributed by atoms with van der Waals surface area (Å²) in [6.07, 6.45) is 3.09. The van der Waals surface area contributed by atoms with E-state index >= 15 is 0 Å². The van der Waals surface area contributed by atoms with Gasteiger partial charge in [0.15, 0.2) is 0 Å². The SMILES string of the molecule is O=C(c1cnc(C2CCCO2)s1)N1CCC(F)(C(=O)O)C1. The van der Waals surface area contributed by atoms with E-state index in [-0.39, 0.29) is 25.0 Å². The molecule has 1 N–H and O–H groups in total. The molecule has 2 aliphatic heterocycles. The number of ether oxygens (including phenoxy) is 1. The number of carbonyl (C=O) groups is 2. The summed E-state index contributed by atoms with van der Waals surface area (Å²) in [6, 6.07) is 0. The van der Waals surface area contributed by atoms with Crippen molar-refractivity contribution in [1.29, 1.82) is 0 Å². The molecule has 2 saturated heterocycles. The fraction of sp³-hybridized carbons (Fsp3) is 0.615. The number of aliphatic carboxylic acids is 1. The van der Waals surface area contributed by atoms with Gasteiger partial charge in [0.05, 0.1) is 12.7 Å². The number of thiazole rings is 1. The number of aromatic nitrogens is 1. The number of nitrogens with zero attached hydrogens (tertiary/aromatic N) is 2.